The van der Waals surface area contributed by atoms with Gasteiger partial charge in [-0.15, -0.1) is 0 Å². The Labute approximate surface area is 141 Å². The van der Waals surface area contributed by atoms with Crippen LogP contribution in [0, 0.1) is 0 Å². The van der Waals surface area contributed by atoms with Crippen LogP contribution in [0.2, 0.25) is 0 Å². The first-order chi connectivity index (χ1) is 11.1. The molecule has 0 saturated heterocycles. The summed E-state index contributed by atoms with van der Waals surface area (Å²) in [4.78, 5) is 47.2. The number of aliphatic carboxylic acids is 1. The fourth-order valence-corrected chi connectivity index (χ4v) is 1.68. The Morgan fingerprint density at radius 2 is 1.75 bits per heavy atom. The minimum Gasteiger partial charge on any atom is -0.480 e. The van der Waals surface area contributed by atoms with Crippen LogP contribution in [0.25, 0.3) is 0 Å². The molecule has 0 aromatic carbocycles. The molecular formula is C15H27N3O6. The normalized spacial score (nSPS) is 10.8. The highest BCUT2D eigenvalue weighted by atomic mass is 16.6. The summed E-state index contributed by atoms with van der Waals surface area (Å²) in [6.45, 7) is 4.25. The summed E-state index contributed by atoms with van der Waals surface area (Å²) in [5.74, 6) is -2.52. The fourth-order valence-electron chi connectivity index (χ4n) is 1.68. The molecule has 0 rings (SSSR count). The number of carbonyl (C=O) groups is 4. The quantitative estimate of drug-likeness (QED) is 0.516. The molecular weight excluding hydrogens is 318 g/mol. The molecule has 9 nitrogen and oxygen atoms in total. The number of imide groups is 1. The van der Waals surface area contributed by atoms with Crippen LogP contribution in [0.5, 0.6) is 0 Å². The van der Waals surface area contributed by atoms with Gasteiger partial charge in [0.2, 0.25) is 11.8 Å². The second-order valence-corrected chi connectivity index (χ2v) is 6.23. The van der Waals surface area contributed by atoms with E-state index < -0.39 is 42.6 Å². The first kappa shape index (κ1) is 21.8. The minimum atomic E-state index is -1.22. The van der Waals surface area contributed by atoms with E-state index in [1.165, 1.54) is 0 Å². The van der Waals surface area contributed by atoms with E-state index >= 15 is 0 Å². The first-order valence-corrected chi connectivity index (χ1v) is 7.78. The number of nitrogens with one attached hydrogen (secondary N) is 1. The molecule has 4 N–H and O–H groups in total. The number of ether oxygens (including phenoxy) is 1. The van der Waals surface area contributed by atoms with Crippen molar-refractivity contribution in [3.8, 4) is 0 Å². The van der Waals surface area contributed by atoms with Crippen molar-refractivity contribution in [2.24, 2.45) is 5.73 Å². The predicted octanol–water partition coefficient (Wildman–Crippen LogP) is 0.470. The SMILES string of the molecule is CC(C)(C)OC(=O)N(CC(=O)NCC(=O)O)C(=O)CCCCCN. The standard InChI is InChI=1S/C15H27N3O6/c1-15(2,3)24-14(23)18(10-11(19)17-9-13(21)22)12(20)7-5-4-6-8-16/h4-10,16H2,1-3H3,(H,17,19)(H,21,22). The largest absolute Gasteiger partial charge is 0.480 e. The molecule has 9 heteroatoms. The lowest BCUT2D eigenvalue weighted by atomic mass is 10.2. The van der Waals surface area contributed by atoms with E-state index in [9.17, 15) is 19.2 Å². The number of carbonyl (C=O) groups excluding carboxylic acids is 3. The lowest BCUT2D eigenvalue weighted by Crippen LogP contribution is -2.47. The van der Waals surface area contributed by atoms with Gasteiger partial charge in [-0.05, 0) is 40.2 Å². The molecule has 0 spiro atoms. The minimum absolute atomic E-state index is 0.0749. The van der Waals surface area contributed by atoms with Gasteiger partial charge in [0.05, 0.1) is 0 Å². The van der Waals surface area contributed by atoms with Crippen LogP contribution in [0.15, 0.2) is 0 Å². The van der Waals surface area contributed by atoms with Crippen LogP contribution in [0.4, 0.5) is 4.79 Å². The maximum Gasteiger partial charge on any atom is 0.417 e. The second kappa shape index (κ2) is 10.6. The van der Waals surface area contributed by atoms with Gasteiger partial charge in [-0.2, -0.15) is 0 Å². The smallest absolute Gasteiger partial charge is 0.417 e. The van der Waals surface area contributed by atoms with E-state index in [1.807, 2.05) is 0 Å². The third kappa shape index (κ3) is 10.5. The monoisotopic (exact) mass is 345 g/mol. The lowest BCUT2D eigenvalue weighted by molar-refractivity contribution is -0.138. The van der Waals surface area contributed by atoms with Crippen LogP contribution >= 0.6 is 0 Å². The molecule has 0 aliphatic heterocycles. The summed E-state index contributed by atoms with van der Waals surface area (Å²) in [6, 6.07) is 0. The van der Waals surface area contributed by atoms with Crippen molar-refractivity contribution >= 4 is 23.9 Å². The average molecular weight is 345 g/mol. The van der Waals surface area contributed by atoms with Crippen molar-refractivity contribution in [3.63, 3.8) is 0 Å². The zero-order valence-electron chi connectivity index (χ0n) is 14.5. The van der Waals surface area contributed by atoms with E-state index in [4.69, 9.17) is 15.6 Å². The van der Waals surface area contributed by atoms with Crippen LogP contribution in [0.1, 0.15) is 46.5 Å². The fraction of sp³-hybridized carbons (Fsp3) is 0.733. The number of unbranched alkanes of at least 4 members (excludes halogenated alkanes) is 2. The highest BCUT2D eigenvalue weighted by Crippen LogP contribution is 2.12. The maximum absolute atomic E-state index is 12.2. The Bertz CT molecular complexity index is 459. The molecule has 3 amide bonds. The molecule has 138 valence electrons. The molecule has 0 atom stereocenters. The number of rotatable bonds is 9. The van der Waals surface area contributed by atoms with E-state index in [0.717, 1.165) is 12.8 Å². The van der Waals surface area contributed by atoms with Gasteiger partial charge in [-0.3, -0.25) is 14.4 Å². The van der Waals surface area contributed by atoms with Crippen LogP contribution in [-0.4, -0.2) is 59.1 Å². The number of carboxylic acids is 1. The van der Waals surface area contributed by atoms with Crippen molar-refractivity contribution in [3.05, 3.63) is 0 Å². The van der Waals surface area contributed by atoms with E-state index in [0.29, 0.717) is 17.9 Å². The average Bonchev–Trinajstić information content (AvgIpc) is 2.45. The molecule has 0 fully saturated rings. The van der Waals surface area contributed by atoms with Crippen LogP contribution in [0.3, 0.4) is 0 Å². The molecule has 0 unspecified atom stereocenters. The van der Waals surface area contributed by atoms with Crippen molar-refractivity contribution in [1.82, 2.24) is 10.2 Å². The molecule has 24 heavy (non-hydrogen) atoms. The molecule has 0 aromatic heterocycles. The summed E-state index contributed by atoms with van der Waals surface area (Å²) in [5.41, 5.74) is 4.55. The van der Waals surface area contributed by atoms with Crippen LogP contribution in [-0.2, 0) is 19.1 Å². The Morgan fingerprint density at radius 3 is 2.25 bits per heavy atom. The number of carboxylic acid groups (broad SMARTS) is 1. The Kier molecular flexibility index (Phi) is 9.63. The predicted molar refractivity (Wildman–Crippen MR) is 86.1 cm³/mol. The van der Waals surface area contributed by atoms with Gasteiger partial charge >= 0.3 is 12.1 Å². The number of hydrogen-bond donors (Lipinski definition) is 3. The maximum atomic E-state index is 12.2. The number of hydrogen-bond acceptors (Lipinski definition) is 6. The van der Waals surface area contributed by atoms with Gasteiger partial charge in [0, 0.05) is 6.42 Å². The molecule has 0 bridgehead atoms. The zero-order chi connectivity index (χ0) is 18.8. The summed E-state index contributed by atoms with van der Waals surface area (Å²) in [6.07, 6.45) is 1.17. The third-order valence-corrected chi connectivity index (χ3v) is 2.75. The first-order valence-electron chi connectivity index (χ1n) is 7.78. The van der Waals surface area contributed by atoms with Gasteiger partial charge in [-0.1, -0.05) is 6.42 Å². The summed E-state index contributed by atoms with van der Waals surface area (Å²) >= 11 is 0. The summed E-state index contributed by atoms with van der Waals surface area (Å²) in [5, 5.41) is 10.6. The number of amides is 3. The van der Waals surface area contributed by atoms with Crippen molar-refractivity contribution < 1.29 is 29.0 Å². The summed E-state index contributed by atoms with van der Waals surface area (Å²) < 4.78 is 5.12. The van der Waals surface area contributed by atoms with Crippen molar-refractivity contribution in [2.75, 3.05) is 19.6 Å². The Balaban J connectivity index is 4.81. The zero-order valence-corrected chi connectivity index (χ0v) is 14.5. The molecule has 0 aliphatic carbocycles. The highest BCUT2D eigenvalue weighted by Gasteiger charge is 2.28. The van der Waals surface area contributed by atoms with Crippen LogP contribution < -0.4 is 11.1 Å². The van der Waals surface area contributed by atoms with E-state index in [1.54, 1.807) is 20.8 Å². The molecule has 0 aromatic rings. The van der Waals surface area contributed by atoms with Crippen molar-refractivity contribution in [2.45, 2.75) is 52.1 Å². The van der Waals surface area contributed by atoms with Gasteiger partial charge in [0.15, 0.2) is 0 Å². The van der Waals surface area contributed by atoms with Gasteiger partial charge < -0.3 is 20.9 Å². The second-order valence-electron chi connectivity index (χ2n) is 6.23. The molecule has 0 aliphatic rings. The molecule has 0 saturated carbocycles. The molecule has 0 heterocycles. The molecule has 0 radical (unpaired) electrons. The Morgan fingerprint density at radius 1 is 1.12 bits per heavy atom. The topological polar surface area (TPSA) is 139 Å². The van der Waals surface area contributed by atoms with Gasteiger partial charge in [0.25, 0.3) is 0 Å². The van der Waals surface area contributed by atoms with E-state index in [2.05, 4.69) is 5.32 Å². The third-order valence-electron chi connectivity index (χ3n) is 2.75. The Hall–Kier alpha value is -2.16. The number of nitrogens with two attached hydrogens (primary N) is 1. The van der Waals surface area contributed by atoms with Gasteiger partial charge in [-0.25, -0.2) is 9.69 Å². The lowest BCUT2D eigenvalue weighted by Gasteiger charge is -2.25. The van der Waals surface area contributed by atoms with E-state index in [-0.39, 0.29) is 6.42 Å². The van der Waals surface area contributed by atoms with Crippen molar-refractivity contribution in [1.29, 1.82) is 0 Å². The van der Waals surface area contributed by atoms with Gasteiger partial charge in [0.1, 0.15) is 18.7 Å². The number of nitrogens with zero attached hydrogens (tertiary/aromatic N) is 1. The highest BCUT2D eigenvalue weighted by molar-refractivity contribution is 5.96. The summed E-state index contributed by atoms with van der Waals surface area (Å²) in [7, 11) is 0.